The quantitative estimate of drug-likeness (QED) is 0.661. The van der Waals surface area contributed by atoms with Crippen LogP contribution in [0.2, 0.25) is 0 Å². The van der Waals surface area contributed by atoms with Crippen LogP contribution >= 0.6 is 0 Å². The summed E-state index contributed by atoms with van der Waals surface area (Å²) in [5.74, 6) is -1.94. The fraction of sp³-hybridized carbons (Fsp3) is 0.318. The zero-order valence-electron chi connectivity index (χ0n) is 17.4. The maximum absolute atomic E-state index is 13.1. The minimum absolute atomic E-state index is 0.145. The highest BCUT2D eigenvalue weighted by Crippen LogP contribution is 2.42. The zero-order valence-corrected chi connectivity index (χ0v) is 17.4. The number of piperidine rings is 1. The summed E-state index contributed by atoms with van der Waals surface area (Å²) in [6.45, 7) is 0.233. The maximum Gasteiger partial charge on any atom is 0.586 e. The van der Waals surface area contributed by atoms with Crippen LogP contribution in [0.3, 0.4) is 0 Å². The molecule has 0 unspecified atom stereocenters. The molecule has 2 heterocycles. The number of likely N-dealkylation sites (tertiary alicyclic amines) is 1. The van der Waals surface area contributed by atoms with E-state index < -0.39 is 30.7 Å². The number of hydrogen-bond donors (Lipinski definition) is 2. The van der Waals surface area contributed by atoms with Gasteiger partial charge in [-0.2, -0.15) is 0 Å². The van der Waals surface area contributed by atoms with E-state index in [0.717, 1.165) is 0 Å². The lowest BCUT2D eigenvalue weighted by molar-refractivity contribution is -0.286. The summed E-state index contributed by atoms with van der Waals surface area (Å²) in [5, 5.41) is 5.24. The average molecular weight is 461 g/mol. The number of alkyl halides is 2. The summed E-state index contributed by atoms with van der Waals surface area (Å²) >= 11 is 0. The van der Waals surface area contributed by atoms with Gasteiger partial charge in [0.15, 0.2) is 18.1 Å². The van der Waals surface area contributed by atoms with Crippen LogP contribution in [0, 0.1) is 5.92 Å². The first-order valence-corrected chi connectivity index (χ1v) is 10.3. The van der Waals surface area contributed by atoms with Crippen molar-refractivity contribution in [3.63, 3.8) is 0 Å². The van der Waals surface area contributed by atoms with E-state index in [-0.39, 0.29) is 23.2 Å². The molecule has 2 aliphatic heterocycles. The van der Waals surface area contributed by atoms with Gasteiger partial charge in [-0.1, -0.05) is 18.2 Å². The molecule has 0 radical (unpaired) electrons. The predicted octanol–water partition coefficient (Wildman–Crippen LogP) is 3.43. The Kier molecular flexibility index (Phi) is 6.29. The van der Waals surface area contributed by atoms with E-state index in [9.17, 15) is 23.2 Å². The van der Waals surface area contributed by atoms with E-state index in [4.69, 9.17) is 4.74 Å². The molecular formula is C22H21F2N3O6. The lowest BCUT2D eigenvalue weighted by Crippen LogP contribution is -2.43. The number of anilines is 2. The van der Waals surface area contributed by atoms with E-state index >= 15 is 0 Å². The molecule has 1 saturated heterocycles. The number of para-hydroxylation sites is 1. The number of halogens is 2. The molecule has 0 spiro atoms. The first-order chi connectivity index (χ1) is 15.8. The fourth-order valence-electron chi connectivity index (χ4n) is 3.52. The van der Waals surface area contributed by atoms with Crippen LogP contribution < -0.4 is 20.1 Å². The zero-order chi connectivity index (χ0) is 23.4. The Bertz CT molecular complexity index is 1040. The number of esters is 1. The van der Waals surface area contributed by atoms with Crippen molar-refractivity contribution in [3.8, 4) is 11.5 Å². The van der Waals surface area contributed by atoms with Gasteiger partial charge in [0.2, 0.25) is 0 Å². The highest BCUT2D eigenvalue weighted by atomic mass is 19.3. The molecule has 2 aromatic rings. The smallest absolute Gasteiger partial charge is 0.455 e. The number of amides is 3. The molecule has 0 aliphatic carbocycles. The van der Waals surface area contributed by atoms with E-state index in [1.54, 1.807) is 17.0 Å². The van der Waals surface area contributed by atoms with Crippen molar-refractivity contribution in [1.82, 2.24) is 4.90 Å². The van der Waals surface area contributed by atoms with Crippen molar-refractivity contribution in [2.24, 2.45) is 5.92 Å². The lowest BCUT2D eigenvalue weighted by atomic mass is 9.97. The molecule has 3 amide bonds. The molecule has 9 nitrogen and oxygen atoms in total. The van der Waals surface area contributed by atoms with Crippen molar-refractivity contribution in [3.05, 3.63) is 48.5 Å². The SMILES string of the molecule is O=C(COC(=O)C1CCN(C(=O)Nc2ccccc2)CC1)Nc1ccc2c(c1)OC(F)(F)O2. The maximum atomic E-state index is 13.1. The van der Waals surface area contributed by atoms with Crippen molar-refractivity contribution >= 4 is 29.3 Å². The monoisotopic (exact) mass is 461 g/mol. The molecular weight excluding hydrogens is 440 g/mol. The standard InChI is InChI=1S/C22H21F2N3O6/c23-22(24)32-17-7-6-16(12-18(17)33-22)25-19(28)13-31-20(29)14-8-10-27(11-9-14)21(30)26-15-4-2-1-3-5-15/h1-7,12,14H,8-11,13H2,(H,25,28)(H,26,30). The Labute approximate surface area is 187 Å². The molecule has 33 heavy (non-hydrogen) atoms. The number of carbonyl (C=O) groups excluding carboxylic acids is 3. The molecule has 0 aromatic heterocycles. The fourth-order valence-corrected chi connectivity index (χ4v) is 3.52. The summed E-state index contributed by atoms with van der Waals surface area (Å²) in [6, 6.07) is 12.6. The Morgan fingerprint density at radius 2 is 1.67 bits per heavy atom. The molecule has 0 atom stereocenters. The summed E-state index contributed by atoms with van der Waals surface area (Å²) in [6.07, 6.45) is -2.92. The summed E-state index contributed by atoms with van der Waals surface area (Å²) in [7, 11) is 0. The van der Waals surface area contributed by atoms with Gasteiger partial charge in [-0.05, 0) is 37.1 Å². The van der Waals surface area contributed by atoms with E-state index in [0.29, 0.717) is 31.6 Å². The topological polar surface area (TPSA) is 106 Å². The Morgan fingerprint density at radius 3 is 2.39 bits per heavy atom. The first kappa shape index (κ1) is 22.3. The second kappa shape index (κ2) is 9.31. The van der Waals surface area contributed by atoms with Crippen LogP contribution in [0.25, 0.3) is 0 Å². The van der Waals surface area contributed by atoms with Gasteiger partial charge >= 0.3 is 18.3 Å². The molecule has 0 bridgehead atoms. The number of hydrogen-bond acceptors (Lipinski definition) is 6. The number of urea groups is 1. The third-order valence-electron chi connectivity index (χ3n) is 5.17. The predicted molar refractivity (Wildman–Crippen MR) is 112 cm³/mol. The van der Waals surface area contributed by atoms with Crippen LogP contribution in [-0.2, 0) is 14.3 Å². The minimum atomic E-state index is -3.75. The molecule has 174 valence electrons. The van der Waals surface area contributed by atoms with Crippen molar-refractivity contribution < 1.29 is 37.4 Å². The molecule has 2 aromatic carbocycles. The van der Waals surface area contributed by atoms with Crippen molar-refractivity contribution in [1.29, 1.82) is 0 Å². The van der Waals surface area contributed by atoms with Gasteiger partial charge < -0.3 is 29.7 Å². The van der Waals surface area contributed by atoms with Gasteiger partial charge in [0, 0.05) is 30.5 Å². The second-order valence-electron chi connectivity index (χ2n) is 7.54. The largest absolute Gasteiger partial charge is 0.586 e. The van der Waals surface area contributed by atoms with E-state index in [1.807, 2.05) is 18.2 Å². The second-order valence-corrected chi connectivity index (χ2v) is 7.54. The number of fused-ring (bicyclic) bond motifs is 1. The first-order valence-electron chi connectivity index (χ1n) is 10.3. The van der Waals surface area contributed by atoms with Crippen LogP contribution in [0.15, 0.2) is 48.5 Å². The molecule has 2 N–H and O–H groups in total. The normalized spacial score (nSPS) is 16.7. The number of nitrogens with one attached hydrogen (secondary N) is 2. The number of benzene rings is 2. The number of rotatable bonds is 5. The third kappa shape index (κ3) is 5.68. The van der Waals surface area contributed by atoms with Crippen LogP contribution in [0.4, 0.5) is 25.0 Å². The minimum Gasteiger partial charge on any atom is -0.455 e. The third-order valence-corrected chi connectivity index (χ3v) is 5.17. The average Bonchev–Trinajstić information content (AvgIpc) is 3.11. The molecule has 1 fully saturated rings. The lowest BCUT2D eigenvalue weighted by Gasteiger charge is -2.30. The number of nitrogens with zero attached hydrogens (tertiary/aromatic N) is 1. The van der Waals surface area contributed by atoms with E-state index in [2.05, 4.69) is 20.1 Å². The van der Waals surface area contributed by atoms with E-state index in [1.165, 1.54) is 18.2 Å². The van der Waals surface area contributed by atoms with Gasteiger partial charge in [-0.15, -0.1) is 8.78 Å². The summed E-state index contributed by atoms with van der Waals surface area (Å²) in [4.78, 5) is 38.3. The Hall–Kier alpha value is -3.89. The summed E-state index contributed by atoms with van der Waals surface area (Å²) < 4.78 is 39.8. The summed E-state index contributed by atoms with van der Waals surface area (Å²) in [5.41, 5.74) is 0.875. The van der Waals surface area contributed by atoms with Crippen LogP contribution in [-0.4, -0.2) is 48.8 Å². The van der Waals surface area contributed by atoms with Gasteiger partial charge in [-0.3, -0.25) is 9.59 Å². The number of ether oxygens (including phenoxy) is 3. The highest BCUT2D eigenvalue weighted by Gasteiger charge is 2.43. The number of carbonyl (C=O) groups is 3. The molecule has 2 aliphatic rings. The van der Waals surface area contributed by atoms with Gasteiger partial charge in [0.05, 0.1) is 5.92 Å². The van der Waals surface area contributed by atoms with Crippen molar-refractivity contribution in [2.45, 2.75) is 19.1 Å². The molecule has 0 saturated carbocycles. The Morgan fingerprint density at radius 1 is 0.970 bits per heavy atom. The van der Waals surface area contributed by atoms with Crippen LogP contribution in [0.5, 0.6) is 11.5 Å². The van der Waals surface area contributed by atoms with Gasteiger partial charge in [0.25, 0.3) is 5.91 Å². The molecule has 11 heteroatoms. The van der Waals surface area contributed by atoms with Gasteiger partial charge in [-0.25, -0.2) is 4.79 Å². The van der Waals surface area contributed by atoms with Gasteiger partial charge in [0.1, 0.15) is 0 Å². The van der Waals surface area contributed by atoms with Crippen LogP contribution in [0.1, 0.15) is 12.8 Å². The highest BCUT2D eigenvalue weighted by molar-refractivity contribution is 5.93. The van der Waals surface area contributed by atoms with Crippen molar-refractivity contribution in [2.75, 3.05) is 30.3 Å². The molecule has 4 rings (SSSR count). The Balaban J connectivity index is 1.19.